The van der Waals surface area contributed by atoms with E-state index < -0.39 is 34.6 Å². The Morgan fingerprint density at radius 1 is 1.19 bits per heavy atom. The van der Waals surface area contributed by atoms with Gasteiger partial charge in [-0.1, -0.05) is 29.3 Å². The van der Waals surface area contributed by atoms with Crippen molar-refractivity contribution in [3.63, 3.8) is 0 Å². The molecule has 0 bridgehead atoms. The fraction of sp³-hybridized carbons (Fsp3) is 0.300. The molecule has 2 unspecified atom stereocenters. The van der Waals surface area contributed by atoms with Gasteiger partial charge in [-0.2, -0.15) is 11.8 Å². The van der Waals surface area contributed by atoms with Crippen LogP contribution in [0, 0.1) is 15.9 Å². The van der Waals surface area contributed by atoms with Crippen molar-refractivity contribution in [2.45, 2.75) is 25.4 Å². The van der Waals surface area contributed by atoms with Crippen LogP contribution in [0.5, 0.6) is 0 Å². The minimum absolute atomic E-state index is 0.0621. The fourth-order valence-corrected chi connectivity index (χ4v) is 3.79. The first-order valence-corrected chi connectivity index (χ1v) is 11.3. The van der Waals surface area contributed by atoms with Gasteiger partial charge in [0.25, 0.3) is 11.6 Å². The highest BCUT2D eigenvalue weighted by atomic mass is 35.5. The van der Waals surface area contributed by atoms with Gasteiger partial charge in [0.2, 0.25) is 5.91 Å². The quantitative estimate of drug-likeness (QED) is 0.301. The average molecular weight is 488 g/mol. The number of hydrogen-bond donors (Lipinski definition) is 2. The summed E-state index contributed by atoms with van der Waals surface area (Å²) in [6.45, 7) is 1.63. The van der Waals surface area contributed by atoms with E-state index in [1.165, 1.54) is 36.0 Å². The van der Waals surface area contributed by atoms with Crippen molar-refractivity contribution in [3.8, 4) is 0 Å². The summed E-state index contributed by atoms with van der Waals surface area (Å²) in [5, 5.41) is 16.3. The molecule has 2 aromatic rings. The zero-order valence-electron chi connectivity index (χ0n) is 16.7. The highest BCUT2D eigenvalue weighted by Gasteiger charge is 2.24. The summed E-state index contributed by atoms with van der Waals surface area (Å²) >= 11 is 13.3. The first-order valence-electron chi connectivity index (χ1n) is 9.13. The van der Waals surface area contributed by atoms with Crippen molar-refractivity contribution in [1.82, 2.24) is 10.6 Å². The highest BCUT2D eigenvalue weighted by molar-refractivity contribution is 7.98. The first kappa shape index (κ1) is 24.9. The van der Waals surface area contributed by atoms with Gasteiger partial charge in [-0.15, -0.1) is 0 Å². The number of non-ortho nitro benzene ring substituents is 1. The van der Waals surface area contributed by atoms with Crippen molar-refractivity contribution in [3.05, 3.63) is 73.5 Å². The Balaban J connectivity index is 2.16. The van der Waals surface area contributed by atoms with Gasteiger partial charge in [-0.3, -0.25) is 19.7 Å². The maximum Gasteiger partial charge on any atom is 0.270 e. The second-order valence-electron chi connectivity index (χ2n) is 6.63. The van der Waals surface area contributed by atoms with E-state index in [9.17, 15) is 24.1 Å². The third-order valence-electron chi connectivity index (χ3n) is 4.42. The van der Waals surface area contributed by atoms with Crippen molar-refractivity contribution in [2.24, 2.45) is 0 Å². The molecule has 0 saturated heterocycles. The second-order valence-corrected chi connectivity index (χ2v) is 8.43. The minimum Gasteiger partial charge on any atom is -0.348 e. The lowest BCUT2D eigenvalue weighted by molar-refractivity contribution is -0.384. The number of nitro benzene ring substituents is 1. The van der Waals surface area contributed by atoms with Crippen molar-refractivity contribution >= 4 is 52.5 Å². The summed E-state index contributed by atoms with van der Waals surface area (Å²) < 4.78 is 13.8. The number of benzene rings is 2. The predicted octanol–water partition coefficient (Wildman–Crippen LogP) is 4.77. The summed E-state index contributed by atoms with van der Waals surface area (Å²) in [7, 11) is 0. The van der Waals surface area contributed by atoms with E-state index in [1.54, 1.807) is 6.92 Å². The Kier molecular flexibility index (Phi) is 9.09. The van der Waals surface area contributed by atoms with Crippen LogP contribution < -0.4 is 10.6 Å². The Morgan fingerprint density at radius 2 is 1.90 bits per heavy atom. The predicted molar refractivity (Wildman–Crippen MR) is 120 cm³/mol. The van der Waals surface area contributed by atoms with Gasteiger partial charge >= 0.3 is 0 Å². The average Bonchev–Trinajstić information content (AvgIpc) is 2.73. The van der Waals surface area contributed by atoms with Crippen LogP contribution >= 0.6 is 35.0 Å². The number of thioether (sulfide) groups is 1. The summed E-state index contributed by atoms with van der Waals surface area (Å²) in [6, 6.07) is 6.06. The van der Waals surface area contributed by atoms with Crippen LogP contribution in [0.25, 0.3) is 0 Å². The number of nitrogens with zero attached hydrogens (tertiary/aromatic N) is 1. The number of halogens is 3. The molecule has 0 aliphatic rings. The van der Waals surface area contributed by atoms with Gasteiger partial charge in [0.1, 0.15) is 11.9 Å². The van der Waals surface area contributed by atoms with Crippen LogP contribution in [0.2, 0.25) is 10.0 Å². The molecule has 2 rings (SSSR count). The van der Waals surface area contributed by atoms with Gasteiger partial charge < -0.3 is 10.6 Å². The van der Waals surface area contributed by atoms with E-state index in [2.05, 4.69) is 10.6 Å². The zero-order valence-corrected chi connectivity index (χ0v) is 19.0. The third kappa shape index (κ3) is 6.81. The molecule has 0 aliphatic heterocycles. The van der Waals surface area contributed by atoms with Crippen LogP contribution in [0.1, 0.15) is 35.3 Å². The molecule has 11 heteroatoms. The Labute approximate surface area is 192 Å². The summed E-state index contributed by atoms with van der Waals surface area (Å²) in [6.07, 6.45) is 2.18. The highest BCUT2D eigenvalue weighted by Crippen LogP contribution is 2.28. The maximum absolute atomic E-state index is 13.8. The molecule has 0 fully saturated rings. The number of amides is 2. The van der Waals surface area contributed by atoms with E-state index in [1.807, 2.05) is 6.26 Å². The summed E-state index contributed by atoms with van der Waals surface area (Å²) in [5.41, 5.74) is 0.170. The summed E-state index contributed by atoms with van der Waals surface area (Å²) in [5.74, 6) is -1.20. The lowest BCUT2D eigenvalue weighted by Crippen LogP contribution is -2.47. The van der Waals surface area contributed by atoms with E-state index in [4.69, 9.17) is 23.2 Å². The molecule has 31 heavy (non-hydrogen) atoms. The van der Waals surface area contributed by atoms with E-state index >= 15 is 0 Å². The molecule has 2 N–H and O–H groups in total. The Morgan fingerprint density at radius 3 is 2.55 bits per heavy atom. The minimum atomic E-state index is -0.905. The van der Waals surface area contributed by atoms with E-state index in [0.717, 1.165) is 12.1 Å². The number of nitro groups is 1. The summed E-state index contributed by atoms with van der Waals surface area (Å²) in [4.78, 5) is 35.7. The van der Waals surface area contributed by atoms with Gasteiger partial charge in [-0.05, 0) is 49.1 Å². The largest absolute Gasteiger partial charge is 0.348 e. The molecule has 0 saturated carbocycles. The molecule has 0 aliphatic carbocycles. The zero-order chi connectivity index (χ0) is 23.1. The fourth-order valence-electron chi connectivity index (χ4n) is 2.77. The lowest BCUT2D eigenvalue weighted by atomic mass is 10.1. The normalized spacial score (nSPS) is 12.7. The van der Waals surface area contributed by atoms with Gasteiger partial charge in [0.05, 0.1) is 16.0 Å². The number of rotatable bonds is 9. The van der Waals surface area contributed by atoms with E-state index in [-0.39, 0.29) is 21.3 Å². The smallest absolute Gasteiger partial charge is 0.270 e. The van der Waals surface area contributed by atoms with Crippen LogP contribution in [0.4, 0.5) is 10.1 Å². The SMILES string of the molecule is CSCCC(NC(=O)c1cccc([N+](=O)[O-])c1)C(=O)NC(C)c1cc(F)c(Cl)cc1Cl. The number of carbonyl (C=O) groups is 2. The first-order chi connectivity index (χ1) is 14.6. The molecule has 0 radical (unpaired) electrons. The monoisotopic (exact) mass is 487 g/mol. The molecule has 2 atom stereocenters. The molecular weight excluding hydrogens is 468 g/mol. The maximum atomic E-state index is 13.8. The number of carbonyl (C=O) groups excluding carboxylic acids is 2. The molecule has 2 aromatic carbocycles. The number of hydrogen-bond acceptors (Lipinski definition) is 5. The van der Waals surface area contributed by atoms with Crippen molar-refractivity contribution in [1.29, 1.82) is 0 Å². The van der Waals surface area contributed by atoms with Crippen LogP contribution in [-0.4, -0.2) is 34.8 Å². The third-order valence-corrected chi connectivity index (χ3v) is 5.68. The molecule has 0 spiro atoms. The molecule has 0 heterocycles. The molecular formula is C20H20Cl2FN3O4S. The van der Waals surface area contributed by atoms with Crippen LogP contribution in [-0.2, 0) is 4.79 Å². The van der Waals surface area contributed by atoms with Gasteiger partial charge in [-0.25, -0.2) is 4.39 Å². The van der Waals surface area contributed by atoms with Gasteiger partial charge in [0, 0.05) is 22.7 Å². The van der Waals surface area contributed by atoms with Gasteiger partial charge in [0.15, 0.2) is 0 Å². The Hall–Kier alpha value is -2.36. The molecule has 166 valence electrons. The van der Waals surface area contributed by atoms with Crippen molar-refractivity contribution in [2.75, 3.05) is 12.0 Å². The molecule has 2 amide bonds. The lowest BCUT2D eigenvalue weighted by Gasteiger charge is -2.22. The Bertz CT molecular complexity index is 993. The topological polar surface area (TPSA) is 101 Å². The molecule has 0 aromatic heterocycles. The standard InChI is InChI=1S/C20H20Cl2FN3O4S/c1-11(14-9-17(23)16(22)10-15(14)21)24-20(28)18(6-7-31-2)25-19(27)12-4-3-5-13(8-12)26(29)30/h3-5,8-11,18H,6-7H2,1-2H3,(H,24,28)(H,25,27). The van der Waals surface area contributed by atoms with E-state index in [0.29, 0.717) is 17.7 Å². The second kappa shape index (κ2) is 11.3. The molecule has 7 nitrogen and oxygen atoms in total. The number of nitrogens with one attached hydrogen (secondary N) is 2. The van der Waals surface area contributed by atoms with Crippen LogP contribution in [0.3, 0.4) is 0 Å². The van der Waals surface area contributed by atoms with Crippen molar-refractivity contribution < 1.29 is 18.9 Å². The van der Waals surface area contributed by atoms with Crippen LogP contribution in [0.15, 0.2) is 36.4 Å².